The summed E-state index contributed by atoms with van der Waals surface area (Å²) in [5.41, 5.74) is 1.24. The van der Waals surface area contributed by atoms with Crippen LogP contribution in [0.1, 0.15) is 17.4 Å². The minimum atomic E-state index is -0.776. The lowest BCUT2D eigenvalue weighted by Crippen LogP contribution is -2.05. The van der Waals surface area contributed by atoms with E-state index in [9.17, 15) is 9.50 Å². The predicted molar refractivity (Wildman–Crippen MR) is 65.9 cm³/mol. The van der Waals surface area contributed by atoms with E-state index in [0.717, 1.165) is 5.56 Å². The number of nitrogens with zero attached hydrogens (tertiary/aromatic N) is 1. The largest absolute Gasteiger partial charge is 0.481 e. The number of aliphatic hydroxyl groups excluding tert-OH is 1. The molecular formula is C14H14FNO2. The molecule has 0 aliphatic rings. The van der Waals surface area contributed by atoms with Crippen molar-refractivity contribution in [1.29, 1.82) is 0 Å². The first kappa shape index (κ1) is 12.5. The van der Waals surface area contributed by atoms with Crippen LogP contribution in [0.25, 0.3) is 0 Å². The lowest BCUT2D eigenvalue weighted by Gasteiger charge is -2.11. The van der Waals surface area contributed by atoms with E-state index in [1.54, 1.807) is 30.3 Å². The summed E-state index contributed by atoms with van der Waals surface area (Å²) >= 11 is 0. The van der Waals surface area contributed by atoms with Crippen molar-refractivity contribution in [2.24, 2.45) is 0 Å². The van der Waals surface area contributed by atoms with Gasteiger partial charge in [-0.25, -0.2) is 9.37 Å². The van der Waals surface area contributed by atoms with Gasteiger partial charge in [0, 0.05) is 12.5 Å². The van der Waals surface area contributed by atoms with Gasteiger partial charge in [0.2, 0.25) is 5.88 Å². The topological polar surface area (TPSA) is 42.4 Å². The molecule has 1 atom stereocenters. The fraction of sp³-hybridized carbons (Fsp3) is 0.214. The number of aromatic nitrogens is 1. The molecule has 1 unspecified atom stereocenters. The lowest BCUT2D eigenvalue weighted by atomic mass is 10.1. The van der Waals surface area contributed by atoms with Gasteiger partial charge in [0.15, 0.2) is 0 Å². The number of halogens is 1. The second-order valence-corrected chi connectivity index (χ2v) is 3.95. The molecule has 1 aromatic heterocycles. The second-order valence-electron chi connectivity index (χ2n) is 3.95. The zero-order chi connectivity index (χ0) is 13.0. The van der Waals surface area contributed by atoms with Crippen LogP contribution in [-0.4, -0.2) is 17.2 Å². The van der Waals surface area contributed by atoms with Crippen LogP contribution in [0.5, 0.6) is 5.88 Å². The molecule has 0 saturated heterocycles. The Kier molecular flexibility index (Phi) is 3.89. The van der Waals surface area contributed by atoms with Crippen molar-refractivity contribution in [2.75, 3.05) is 7.11 Å². The van der Waals surface area contributed by atoms with Gasteiger partial charge in [-0.15, -0.1) is 0 Å². The average Bonchev–Trinajstić information content (AvgIpc) is 2.39. The Labute approximate surface area is 105 Å². The SMILES string of the molecule is COc1cccc(C(O)Cc2cccc(F)c2)n1. The summed E-state index contributed by atoms with van der Waals surface area (Å²) in [4.78, 5) is 4.14. The first-order valence-corrected chi connectivity index (χ1v) is 5.62. The van der Waals surface area contributed by atoms with Crippen molar-refractivity contribution in [3.63, 3.8) is 0 Å². The molecule has 0 saturated carbocycles. The Bertz CT molecular complexity index is 531. The van der Waals surface area contributed by atoms with Crippen LogP contribution in [0.15, 0.2) is 42.5 Å². The Balaban J connectivity index is 2.13. The number of methoxy groups -OCH3 is 1. The third kappa shape index (κ3) is 3.05. The van der Waals surface area contributed by atoms with Crippen LogP contribution < -0.4 is 4.74 Å². The molecule has 3 nitrogen and oxygen atoms in total. The zero-order valence-corrected chi connectivity index (χ0v) is 10.0. The van der Waals surface area contributed by atoms with Crippen molar-refractivity contribution in [1.82, 2.24) is 4.98 Å². The minimum absolute atomic E-state index is 0.307. The molecular weight excluding hydrogens is 233 g/mol. The van der Waals surface area contributed by atoms with Crippen LogP contribution in [0.4, 0.5) is 4.39 Å². The maximum atomic E-state index is 13.0. The molecule has 1 N–H and O–H groups in total. The molecule has 0 aliphatic carbocycles. The minimum Gasteiger partial charge on any atom is -0.481 e. The molecule has 0 amide bonds. The summed E-state index contributed by atoms with van der Waals surface area (Å²) in [6.45, 7) is 0. The molecule has 0 aliphatic heterocycles. The van der Waals surface area contributed by atoms with Gasteiger partial charge < -0.3 is 9.84 Å². The maximum absolute atomic E-state index is 13.0. The fourth-order valence-electron chi connectivity index (χ4n) is 1.72. The van der Waals surface area contributed by atoms with Gasteiger partial charge in [-0.05, 0) is 23.8 Å². The molecule has 0 radical (unpaired) electrons. The number of aliphatic hydroxyl groups is 1. The van der Waals surface area contributed by atoms with Crippen LogP contribution >= 0.6 is 0 Å². The fourth-order valence-corrected chi connectivity index (χ4v) is 1.72. The molecule has 0 fully saturated rings. The number of hydrogen-bond acceptors (Lipinski definition) is 3. The van der Waals surface area contributed by atoms with E-state index in [1.165, 1.54) is 19.2 Å². The summed E-state index contributed by atoms with van der Waals surface area (Å²) in [6.07, 6.45) is -0.459. The summed E-state index contributed by atoms with van der Waals surface area (Å²) in [5.74, 6) is 0.143. The quantitative estimate of drug-likeness (QED) is 0.902. The van der Waals surface area contributed by atoms with Gasteiger partial charge in [0.1, 0.15) is 11.9 Å². The number of rotatable bonds is 4. The van der Waals surface area contributed by atoms with Gasteiger partial charge in [0.25, 0.3) is 0 Å². The molecule has 94 valence electrons. The molecule has 1 aromatic carbocycles. The molecule has 1 heterocycles. The molecule has 4 heteroatoms. The number of ether oxygens (including phenoxy) is 1. The average molecular weight is 247 g/mol. The lowest BCUT2D eigenvalue weighted by molar-refractivity contribution is 0.172. The van der Waals surface area contributed by atoms with Crippen LogP contribution in [-0.2, 0) is 6.42 Å². The third-order valence-corrected chi connectivity index (χ3v) is 2.61. The highest BCUT2D eigenvalue weighted by Gasteiger charge is 2.11. The summed E-state index contributed by atoms with van der Waals surface area (Å²) in [7, 11) is 1.52. The van der Waals surface area contributed by atoms with Crippen molar-refractivity contribution < 1.29 is 14.2 Å². The highest BCUT2D eigenvalue weighted by molar-refractivity contribution is 5.21. The summed E-state index contributed by atoms with van der Waals surface area (Å²) in [5, 5.41) is 10.0. The maximum Gasteiger partial charge on any atom is 0.213 e. The standard InChI is InChI=1S/C14H14FNO2/c1-18-14-7-3-6-12(16-14)13(17)9-10-4-2-5-11(15)8-10/h2-8,13,17H,9H2,1H3. The number of benzene rings is 1. The highest BCUT2D eigenvalue weighted by Crippen LogP contribution is 2.19. The number of hydrogen-bond donors (Lipinski definition) is 1. The van der Waals surface area contributed by atoms with Crippen LogP contribution in [0.2, 0.25) is 0 Å². The summed E-state index contributed by atoms with van der Waals surface area (Å²) < 4.78 is 18.0. The highest BCUT2D eigenvalue weighted by atomic mass is 19.1. The summed E-state index contributed by atoms with van der Waals surface area (Å²) in [6, 6.07) is 11.4. The first-order chi connectivity index (χ1) is 8.69. The van der Waals surface area contributed by atoms with E-state index in [0.29, 0.717) is 18.0 Å². The third-order valence-electron chi connectivity index (χ3n) is 2.61. The van der Waals surface area contributed by atoms with Crippen molar-refractivity contribution in [2.45, 2.75) is 12.5 Å². The second kappa shape index (κ2) is 5.60. The van der Waals surface area contributed by atoms with Gasteiger partial charge in [-0.1, -0.05) is 18.2 Å². The predicted octanol–water partition coefficient (Wildman–Crippen LogP) is 2.51. The van der Waals surface area contributed by atoms with E-state index < -0.39 is 6.10 Å². The van der Waals surface area contributed by atoms with E-state index in [4.69, 9.17) is 4.74 Å². The van der Waals surface area contributed by atoms with E-state index >= 15 is 0 Å². The van der Waals surface area contributed by atoms with Gasteiger partial charge in [-0.2, -0.15) is 0 Å². The Morgan fingerprint density at radius 3 is 2.78 bits per heavy atom. The molecule has 0 bridgehead atoms. The molecule has 2 aromatic rings. The molecule has 2 rings (SSSR count). The van der Waals surface area contributed by atoms with Crippen molar-refractivity contribution in [3.05, 3.63) is 59.5 Å². The van der Waals surface area contributed by atoms with Crippen LogP contribution in [0, 0.1) is 5.82 Å². The monoisotopic (exact) mass is 247 g/mol. The van der Waals surface area contributed by atoms with Gasteiger partial charge in [0.05, 0.1) is 12.8 Å². The number of pyridine rings is 1. The van der Waals surface area contributed by atoms with Gasteiger partial charge in [-0.3, -0.25) is 0 Å². The first-order valence-electron chi connectivity index (χ1n) is 5.62. The molecule has 18 heavy (non-hydrogen) atoms. The van der Waals surface area contributed by atoms with Crippen LogP contribution in [0.3, 0.4) is 0 Å². The Morgan fingerprint density at radius 2 is 2.06 bits per heavy atom. The van der Waals surface area contributed by atoms with E-state index in [2.05, 4.69) is 4.98 Å². The normalized spacial score (nSPS) is 12.2. The van der Waals surface area contributed by atoms with Crippen molar-refractivity contribution in [3.8, 4) is 5.88 Å². The van der Waals surface area contributed by atoms with E-state index in [-0.39, 0.29) is 5.82 Å². The van der Waals surface area contributed by atoms with Gasteiger partial charge >= 0.3 is 0 Å². The Hall–Kier alpha value is -1.94. The Morgan fingerprint density at radius 1 is 1.28 bits per heavy atom. The smallest absolute Gasteiger partial charge is 0.213 e. The van der Waals surface area contributed by atoms with E-state index in [1.807, 2.05) is 0 Å². The molecule has 0 spiro atoms. The van der Waals surface area contributed by atoms with Crippen molar-refractivity contribution >= 4 is 0 Å². The zero-order valence-electron chi connectivity index (χ0n) is 10.0.